The first-order valence-corrected chi connectivity index (χ1v) is 13.4. The molecule has 9 nitrogen and oxygen atoms in total. The van der Waals surface area contributed by atoms with Gasteiger partial charge in [0.1, 0.15) is 0 Å². The van der Waals surface area contributed by atoms with E-state index in [0.717, 1.165) is 69.7 Å². The fourth-order valence-corrected chi connectivity index (χ4v) is 3.99. The number of nitrogens with two attached hydrogens (primary N) is 1. The number of carbonyl (C=O) groups is 1. The van der Waals surface area contributed by atoms with Gasteiger partial charge in [-0.05, 0) is 74.0 Å². The van der Waals surface area contributed by atoms with Crippen LogP contribution in [0.1, 0.15) is 55.8 Å². The average Bonchev–Trinajstić information content (AvgIpc) is 2.83. The van der Waals surface area contributed by atoms with Gasteiger partial charge < -0.3 is 25.4 Å². The van der Waals surface area contributed by atoms with Crippen molar-refractivity contribution in [1.29, 1.82) is 0 Å². The van der Waals surface area contributed by atoms with Crippen molar-refractivity contribution in [2.24, 2.45) is 5.14 Å². The smallest absolute Gasteiger partial charge is 0.290 e. The molecule has 0 saturated carbocycles. The van der Waals surface area contributed by atoms with E-state index in [1.165, 1.54) is 18.2 Å². The standard InChI is InChI=1S/C24H35FN2O5S.CH2O2/c25-22-17-20(11-12-23(22)28)24(29)18-27-13-4-1-2-5-14-32-15-6-3-8-19-9-7-10-21(16-19)33(26,30)31;2-1-3/h7,9-12,16-17,24,27-29H,1-6,8,13-15,18H2,(H2,26,30,31);1H,(H,2,3)/t24-;/m0./s1. The van der Waals surface area contributed by atoms with Crippen molar-refractivity contribution >= 4 is 16.5 Å². The molecule has 2 rings (SSSR count). The number of aromatic hydroxyl groups is 1. The lowest BCUT2D eigenvalue weighted by Crippen LogP contribution is -2.22. The summed E-state index contributed by atoms with van der Waals surface area (Å²) in [7, 11) is -3.66. The summed E-state index contributed by atoms with van der Waals surface area (Å²) >= 11 is 0. The number of hydrogen-bond acceptors (Lipinski definition) is 7. The molecule has 2 aromatic rings. The largest absolute Gasteiger partial charge is 0.505 e. The second-order valence-electron chi connectivity index (χ2n) is 8.21. The minimum Gasteiger partial charge on any atom is -0.505 e. The Morgan fingerprint density at radius 2 is 1.69 bits per heavy atom. The molecule has 0 aromatic heterocycles. The summed E-state index contributed by atoms with van der Waals surface area (Å²) in [6.45, 7) is 2.26. The van der Waals surface area contributed by atoms with Crippen molar-refractivity contribution in [3.05, 3.63) is 59.4 Å². The van der Waals surface area contributed by atoms with Gasteiger partial charge >= 0.3 is 0 Å². The highest BCUT2D eigenvalue weighted by Crippen LogP contribution is 2.20. The van der Waals surface area contributed by atoms with Crippen LogP contribution in [-0.2, 0) is 26.0 Å². The third-order valence-corrected chi connectivity index (χ3v) is 6.23. The Labute approximate surface area is 212 Å². The third-order valence-electron chi connectivity index (χ3n) is 5.32. The summed E-state index contributed by atoms with van der Waals surface area (Å²) in [6, 6.07) is 10.6. The number of rotatable bonds is 16. The third kappa shape index (κ3) is 13.5. The van der Waals surface area contributed by atoms with Crippen molar-refractivity contribution < 1.29 is 37.7 Å². The molecule has 1 atom stereocenters. The number of phenolic OH excluding ortho intramolecular Hbond substituents is 1. The lowest BCUT2D eigenvalue weighted by Gasteiger charge is -2.12. The normalized spacial score (nSPS) is 12.0. The number of halogens is 1. The van der Waals surface area contributed by atoms with E-state index < -0.39 is 27.7 Å². The summed E-state index contributed by atoms with van der Waals surface area (Å²) in [5, 5.41) is 34.4. The lowest BCUT2D eigenvalue weighted by atomic mass is 10.1. The highest BCUT2D eigenvalue weighted by atomic mass is 32.2. The summed E-state index contributed by atoms with van der Waals surface area (Å²) in [5.74, 6) is -1.15. The van der Waals surface area contributed by atoms with Crippen molar-refractivity contribution in [3.8, 4) is 5.75 Å². The fraction of sp³-hybridized carbons (Fsp3) is 0.480. The van der Waals surface area contributed by atoms with Gasteiger partial charge in [-0.2, -0.15) is 0 Å². The highest BCUT2D eigenvalue weighted by molar-refractivity contribution is 7.89. The quantitative estimate of drug-likeness (QED) is 0.164. The minimum absolute atomic E-state index is 0.148. The van der Waals surface area contributed by atoms with Crippen molar-refractivity contribution in [2.75, 3.05) is 26.3 Å². The molecule has 0 heterocycles. The van der Waals surface area contributed by atoms with Gasteiger partial charge in [-0.15, -0.1) is 0 Å². The number of carboxylic acid groups (broad SMARTS) is 1. The van der Waals surface area contributed by atoms with Crippen LogP contribution in [0.2, 0.25) is 0 Å². The summed E-state index contributed by atoms with van der Waals surface area (Å²) in [5.41, 5.74) is 1.39. The number of phenols is 1. The zero-order valence-corrected chi connectivity index (χ0v) is 21.1. The number of aliphatic hydroxyl groups excluding tert-OH is 1. The number of aryl methyl sites for hydroxylation is 1. The number of aliphatic hydroxyl groups is 1. The molecule has 36 heavy (non-hydrogen) atoms. The Morgan fingerprint density at radius 3 is 2.36 bits per heavy atom. The Morgan fingerprint density at radius 1 is 1.03 bits per heavy atom. The molecule has 11 heteroatoms. The van der Waals surface area contributed by atoms with Crippen LogP contribution in [0.25, 0.3) is 0 Å². The van der Waals surface area contributed by atoms with Crippen molar-refractivity contribution in [2.45, 2.75) is 55.9 Å². The maximum Gasteiger partial charge on any atom is 0.290 e. The number of ether oxygens (including phenoxy) is 1. The Hall–Kier alpha value is -2.57. The summed E-state index contributed by atoms with van der Waals surface area (Å²) in [6.07, 6.45) is 5.90. The van der Waals surface area contributed by atoms with Crippen LogP contribution in [0.5, 0.6) is 5.75 Å². The van der Waals surface area contributed by atoms with Gasteiger partial charge in [0, 0.05) is 19.8 Å². The monoisotopic (exact) mass is 528 g/mol. The number of sulfonamides is 1. The first kappa shape index (κ1) is 31.5. The van der Waals surface area contributed by atoms with Crippen molar-refractivity contribution in [1.82, 2.24) is 5.32 Å². The number of nitrogens with one attached hydrogen (secondary N) is 1. The van der Waals surface area contributed by atoms with E-state index in [9.17, 15) is 23.0 Å². The van der Waals surface area contributed by atoms with E-state index in [-0.39, 0.29) is 11.4 Å². The molecule has 0 aliphatic carbocycles. The van der Waals surface area contributed by atoms with Gasteiger partial charge in [-0.25, -0.2) is 17.9 Å². The molecular formula is C25H37FN2O7S. The van der Waals surface area contributed by atoms with Gasteiger partial charge in [-0.3, -0.25) is 4.79 Å². The van der Waals surface area contributed by atoms with Crippen LogP contribution in [0.4, 0.5) is 4.39 Å². The van der Waals surface area contributed by atoms with E-state index in [1.54, 1.807) is 12.1 Å². The molecule has 0 radical (unpaired) electrons. The molecule has 0 amide bonds. The molecule has 0 fully saturated rings. The van der Waals surface area contributed by atoms with Crippen molar-refractivity contribution in [3.63, 3.8) is 0 Å². The molecule has 0 aliphatic heterocycles. The van der Waals surface area contributed by atoms with Gasteiger partial charge in [0.15, 0.2) is 11.6 Å². The predicted octanol–water partition coefficient (Wildman–Crippen LogP) is 3.10. The first-order chi connectivity index (χ1) is 17.2. The zero-order chi connectivity index (χ0) is 26.8. The van der Waals surface area contributed by atoms with E-state index >= 15 is 0 Å². The average molecular weight is 529 g/mol. The van der Waals surface area contributed by atoms with E-state index in [4.69, 9.17) is 19.8 Å². The highest BCUT2D eigenvalue weighted by Gasteiger charge is 2.10. The lowest BCUT2D eigenvalue weighted by molar-refractivity contribution is -0.122. The van der Waals surface area contributed by atoms with Crippen LogP contribution in [-0.4, -0.2) is 56.5 Å². The fourth-order valence-electron chi connectivity index (χ4n) is 3.41. The number of primary sulfonamides is 1. The minimum atomic E-state index is -3.66. The van der Waals surface area contributed by atoms with E-state index in [1.807, 2.05) is 6.07 Å². The maximum absolute atomic E-state index is 13.3. The molecule has 0 aliphatic rings. The molecule has 6 N–H and O–H groups in total. The van der Waals surface area contributed by atoms with Gasteiger partial charge in [-0.1, -0.05) is 31.0 Å². The van der Waals surface area contributed by atoms with E-state index in [2.05, 4.69) is 5.32 Å². The van der Waals surface area contributed by atoms with Crippen LogP contribution in [0.15, 0.2) is 47.4 Å². The van der Waals surface area contributed by atoms with Crippen LogP contribution in [0, 0.1) is 5.82 Å². The molecule has 0 bridgehead atoms. The maximum atomic E-state index is 13.3. The van der Waals surface area contributed by atoms with Crippen LogP contribution < -0.4 is 10.5 Å². The molecular weight excluding hydrogens is 491 g/mol. The second kappa shape index (κ2) is 17.8. The Bertz CT molecular complexity index is 1010. The van der Waals surface area contributed by atoms with Crippen LogP contribution >= 0.6 is 0 Å². The molecule has 202 valence electrons. The second-order valence-corrected chi connectivity index (χ2v) is 9.77. The zero-order valence-electron chi connectivity index (χ0n) is 20.3. The molecule has 0 saturated heterocycles. The summed E-state index contributed by atoms with van der Waals surface area (Å²) in [4.78, 5) is 8.51. The number of hydrogen-bond donors (Lipinski definition) is 5. The topological polar surface area (TPSA) is 159 Å². The van der Waals surface area contributed by atoms with E-state index in [0.29, 0.717) is 18.7 Å². The number of unbranched alkanes of at least 4 members (excludes halogenated alkanes) is 4. The van der Waals surface area contributed by atoms with Gasteiger partial charge in [0.25, 0.3) is 6.47 Å². The SMILES string of the molecule is NS(=O)(=O)c1cccc(CCCCOCCCCCCNC[C@H](O)c2ccc(O)c(F)c2)c1.O=CO. The Balaban J connectivity index is 0.00000205. The van der Waals surface area contributed by atoms with Gasteiger partial charge in [0.2, 0.25) is 10.0 Å². The molecule has 2 aromatic carbocycles. The molecule has 0 unspecified atom stereocenters. The number of benzene rings is 2. The molecule has 0 spiro atoms. The van der Waals surface area contributed by atoms with Gasteiger partial charge in [0.05, 0.1) is 11.0 Å². The van der Waals surface area contributed by atoms with Crippen LogP contribution in [0.3, 0.4) is 0 Å². The first-order valence-electron chi connectivity index (χ1n) is 11.8. The Kier molecular flexibility index (Phi) is 15.6. The predicted molar refractivity (Wildman–Crippen MR) is 135 cm³/mol. The summed E-state index contributed by atoms with van der Waals surface area (Å²) < 4.78 is 41.8.